The number of carbonyl (C=O) groups excluding carboxylic acids is 1. The van der Waals surface area contributed by atoms with Crippen molar-refractivity contribution in [2.24, 2.45) is 0 Å². The second-order valence-corrected chi connectivity index (χ2v) is 8.26. The number of halogens is 2. The van der Waals surface area contributed by atoms with E-state index in [9.17, 15) is 4.79 Å². The van der Waals surface area contributed by atoms with Crippen LogP contribution in [0.1, 0.15) is 36.0 Å². The average molecular weight is 440 g/mol. The fourth-order valence-corrected chi connectivity index (χ4v) is 4.73. The van der Waals surface area contributed by atoms with Gasteiger partial charge in [0, 0.05) is 46.9 Å². The van der Waals surface area contributed by atoms with Gasteiger partial charge in [-0.2, -0.15) is 0 Å². The van der Waals surface area contributed by atoms with Crippen LogP contribution in [0.3, 0.4) is 0 Å². The van der Waals surface area contributed by atoms with Crippen LogP contribution in [0.4, 0.5) is 0 Å². The number of carbonyl (C=O) groups is 1. The first-order valence-corrected chi connectivity index (χ1v) is 10.3. The second kappa shape index (κ2) is 11.1. The normalized spacial score (nSPS) is 19.1. The van der Waals surface area contributed by atoms with Crippen LogP contribution < -0.4 is 0 Å². The third kappa shape index (κ3) is 5.63. The van der Waals surface area contributed by atoms with Crippen LogP contribution >= 0.6 is 36.6 Å². The number of aromatic nitrogens is 1. The highest BCUT2D eigenvalue weighted by molar-refractivity contribution is 7.99. The molecule has 2 aromatic rings. The number of hydrogen-bond donors (Lipinski definition) is 0. The van der Waals surface area contributed by atoms with Crippen molar-refractivity contribution in [2.45, 2.75) is 41.5 Å². The Hall–Kier alpha value is -1.27. The summed E-state index contributed by atoms with van der Waals surface area (Å²) in [5.74, 6) is 0.187. The SMILES string of the molecule is Cl.Cl.O=C(c1ccc(Sc2ccncc2)cc1)N1CCCC1CN1CCCC1. The van der Waals surface area contributed by atoms with Crippen molar-refractivity contribution < 1.29 is 4.79 Å². The summed E-state index contributed by atoms with van der Waals surface area (Å²) >= 11 is 1.69. The fourth-order valence-electron chi connectivity index (χ4n) is 3.93. The molecular weight excluding hydrogens is 413 g/mol. The summed E-state index contributed by atoms with van der Waals surface area (Å²) in [6.07, 6.45) is 8.47. The zero-order valence-corrected chi connectivity index (χ0v) is 18.3. The van der Waals surface area contributed by atoms with Crippen molar-refractivity contribution in [3.05, 3.63) is 54.4 Å². The van der Waals surface area contributed by atoms with Crippen molar-refractivity contribution in [1.82, 2.24) is 14.8 Å². The van der Waals surface area contributed by atoms with E-state index in [1.165, 1.54) is 25.9 Å². The Morgan fingerprint density at radius 2 is 1.57 bits per heavy atom. The number of amides is 1. The highest BCUT2D eigenvalue weighted by Crippen LogP contribution is 2.28. The maximum Gasteiger partial charge on any atom is 0.254 e. The molecule has 4 nitrogen and oxygen atoms in total. The molecule has 1 aromatic carbocycles. The van der Waals surface area contributed by atoms with E-state index in [1.54, 1.807) is 24.2 Å². The number of pyridine rings is 1. The quantitative estimate of drug-likeness (QED) is 0.671. The molecule has 1 amide bonds. The molecule has 1 atom stereocenters. The lowest BCUT2D eigenvalue weighted by Gasteiger charge is -2.28. The molecule has 0 aliphatic carbocycles. The van der Waals surface area contributed by atoms with Gasteiger partial charge >= 0.3 is 0 Å². The Morgan fingerprint density at radius 3 is 2.25 bits per heavy atom. The lowest BCUT2D eigenvalue weighted by molar-refractivity contribution is 0.0708. The number of hydrogen-bond acceptors (Lipinski definition) is 4. The highest BCUT2D eigenvalue weighted by Gasteiger charge is 2.31. The Kier molecular flexibility index (Phi) is 9.09. The minimum Gasteiger partial charge on any atom is -0.334 e. The minimum atomic E-state index is 0. The van der Waals surface area contributed by atoms with Gasteiger partial charge in [0.05, 0.1) is 0 Å². The average Bonchev–Trinajstić information content (AvgIpc) is 3.35. The fraction of sp³-hybridized carbons (Fsp3) is 0.429. The molecule has 28 heavy (non-hydrogen) atoms. The van der Waals surface area contributed by atoms with Gasteiger partial charge in [-0.25, -0.2) is 0 Å². The maximum absolute atomic E-state index is 13.0. The van der Waals surface area contributed by atoms with Gasteiger partial charge in [-0.3, -0.25) is 9.78 Å². The topological polar surface area (TPSA) is 36.4 Å². The van der Waals surface area contributed by atoms with Crippen molar-refractivity contribution in [2.75, 3.05) is 26.2 Å². The van der Waals surface area contributed by atoms with Gasteiger partial charge in [0.15, 0.2) is 0 Å². The first kappa shape index (κ1) is 23.0. The van der Waals surface area contributed by atoms with Crippen LogP contribution in [0, 0.1) is 0 Å². The Morgan fingerprint density at radius 1 is 0.929 bits per heavy atom. The van der Waals surface area contributed by atoms with Gasteiger partial charge < -0.3 is 9.80 Å². The number of benzene rings is 1. The van der Waals surface area contributed by atoms with Crippen LogP contribution in [-0.4, -0.2) is 52.9 Å². The molecule has 0 spiro atoms. The summed E-state index contributed by atoms with van der Waals surface area (Å²) < 4.78 is 0. The summed E-state index contributed by atoms with van der Waals surface area (Å²) in [6, 6.07) is 12.4. The molecule has 3 heterocycles. The van der Waals surface area contributed by atoms with Crippen LogP contribution in [0.15, 0.2) is 58.6 Å². The van der Waals surface area contributed by atoms with Gasteiger partial charge in [0.25, 0.3) is 5.91 Å². The van der Waals surface area contributed by atoms with E-state index in [1.807, 2.05) is 36.4 Å². The number of likely N-dealkylation sites (tertiary alicyclic amines) is 2. The minimum absolute atomic E-state index is 0. The van der Waals surface area contributed by atoms with Gasteiger partial charge in [-0.1, -0.05) is 11.8 Å². The molecule has 2 saturated heterocycles. The molecule has 2 aliphatic rings. The number of rotatable bonds is 5. The van der Waals surface area contributed by atoms with Crippen molar-refractivity contribution >= 4 is 42.5 Å². The van der Waals surface area contributed by atoms with Crippen LogP contribution in [0.25, 0.3) is 0 Å². The van der Waals surface area contributed by atoms with Crippen molar-refractivity contribution in [3.8, 4) is 0 Å². The Labute approximate surface area is 183 Å². The molecule has 2 fully saturated rings. The molecule has 4 rings (SSSR count). The third-order valence-electron chi connectivity index (χ3n) is 5.29. The largest absolute Gasteiger partial charge is 0.334 e. The molecule has 152 valence electrons. The van der Waals surface area contributed by atoms with Crippen LogP contribution in [0.2, 0.25) is 0 Å². The van der Waals surface area contributed by atoms with Crippen molar-refractivity contribution in [3.63, 3.8) is 0 Å². The zero-order chi connectivity index (χ0) is 17.8. The summed E-state index contributed by atoms with van der Waals surface area (Å²) in [5.41, 5.74) is 0.803. The van der Waals surface area contributed by atoms with Gasteiger partial charge in [0.2, 0.25) is 0 Å². The molecule has 0 bridgehead atoms. The summed E-state index contributed by atoms with van der Waals surface area (Å²) in [7, 11) is 0. The lowest BCUT2D eigenvalue weighted by atomic mass is 10.1. The molecule has 1 aromatic heterocycles. The molecule has 7 heteroatoms. The summed E-state index contributed by atoms with van der Waals surface area (Å²) in [5, 5.41) is 0. The van der Waals surface area contributed by atoms with E-state index in [4.69, 9.17) is 0 Å². The third-order valence-corrected chi connectivity index (χ3v) is 6.31. The monoisotopic (exact) mass is 439 g/mol. The highest BCUT2D eigenvalue weighted by atomic mass is 35.5. The summed E-state index contributed by atoms with van der Waals surface area (Å²) in [6.45, 7) is 4.32. The predicted molar refractivity (Wildman–Crippen MR) is 119 cm³/mol. The lowest BCUT2D eigenvalue weighted by Crippen LogP contribution is -2.42. The predicted octanol–water partition coefficient (Wildman–Crippen LogP) is 4.78. The van der Waals surface area contributed by atoms with Gasteiger partial charge in [0.1, 0.15) is 0 Å². The van der Waals surface area contributed by atoms with Crippen LogP contribution in [-0.2, 0) is 0 Å². The first-order valence-electron chi connectivity index (χ1n) is 9.51. The number of nitrogens with zero attached hydrogens (tertiary/aromatic N) is 3. The van der Waals surface area contributed by atoms with Gasteiger partial charge in [-0.05, 0) is 75.2 Å². The van der Waals surface area contributed by atoms with E-state index in [0.717, 1.165) is 41.3 Å². The van der Waals surface area contributed by atoms with E-state index < -0.39 is 0 Å². The smallest absolute Gasteiger partial charge is 0.254 e. The first-order chi connectivity index (χ1) is 12.8. The molecular formula is C21H27Cl2N3OS. The van der Waals surface area contributed by atoms with Crippen LogP contribution in [0.5, 0.6) is 0 Å². The second-order valence-electron chi connectivity index (χ2n) is 7.11. The molecule has 0 saturated carbocycles. The molecule has 2 aliphatic heterocycles. The van der Waals surface area contributed by atoms with Crippen molar-refractivity contribution in [1.29, 1.82) is 0 Å². The van der Waals surface area contributed by atoms with Gasteiger partial charge in [-0.15, -0.1) is 24.8 Å². The standard InChI is InChI=1S/C21H25N3OS.2ClH/c25-21(24-15-3-4-18(24)16-23-13-1-2-14-23)17-5-7-19(8-6-17)26-20-9-11-22-12-10-20;;/h5-12,18H,1-4,13-16H2;2*1H. The molecule has 1 unspecified atom stereocenters. The van der Waals surface area contributed by atoms with E-state index in [-0.39, 0.29) is 30.7 Å². The zero-order valence-electron chi connectivity index (χ0n) is 15.8. The Balaban J connectivity index is 0.00000140. The molecule has 0 N–H and O–H groups in total. The Bertz CT molecular complexity index is 739. The van der Waals surface area contributed by atoms with E-state index >= 15 is 0 Å². The molecule has 0 radical (unpaired) electrons. The maximum atomic E-state index is 13.0. The summed E-state index contributed by atoms with van der Waals surface area (Å²) in [4.78, 5) is 24.0. The van der Waals surface area contributed by atoms with E-state index in [0.29, 0.717) is 6.04 Å². The van der Waals surface area contributed by atoms with E-state index in [2.05, 4.69) is 14.8 Å².